The second-order valence-corrected chi connectivity index (χ2v) is 6.42. The third-order valence-corrected chi connectivity index (χ3v) is 5.10. The summed E-state index contributed by atoms with van der Waals surface area (Å²) in [6.07, 6.45) is 0. The molecule has 2 aromatic rings. The van der Waals surface area contributed by atoms with E-state index in [0.29, 0.717) is 5.88 Å². The fourth-order valence-electron chi connectivity index (χ4n) is 1.42. The van der Waals surface area contributed by atoms with Gasteiger partial charge < -0.3 is 0 Å². The molecule has 0 saturated heterocycles. The van der Waals surface area contributed by atoms with Crippen molar-refractivity contribution in [2.24, 2.45) is 0 Å². The van der Waals surface area contributed by atoms with Crippen LogP contribution in [0.2, 0.25) is 0 Å². The first-order valence-corrected chi connectivity index (χ1v) is 7.73. The molecule has 2 rings (SSSR count). The maximum absolute atomic E-state index is 5.76. The van der Waals surface area contributed by atoms with Gasteiger partial charge in [0.2, 0.25) is 0 Å². The van der Waals surface area contributed by atoms with Gasteiger partial charge in [-0.25, -0.2) is 4.98 Å². The summed E-state index contributed by atoms with van der Waals surface area (Å²) in [6, 6.07) is 8.40. The summed E-state index contributed by atoms with van der Waals surface area (Å²) >= 11 is 9.37. The lowest BCUT2D eigenvalue weighted by molar-refractivity contribution is 1.16. The van der Waals surface area contributed by atoms with Crippen LogP contribution < -0.4 is 0 Å². The fourth-order valence-corrected chi connectivity index (χ4v) is 3.42. The van der Waals surface area contributed by atoms with Gasteiger partial charge in [0, 0.05) is 15.7 Å². The van der Waals surface area contributed by atoms with Crippen molar-refractivity contribution in [2.75, 3.05) is 0 Å². The number of alkyl halides is 1. The fraction of sp³-hybridized carbons (Fsp3) is 0.308. The topological polar surface area (TPSA) is 12.9 Å². The molecule has 1 nitrogen and oxygen atoms in total. The Morgan fingerprint density at radius 3 is 2.47 bits per heavy atom. The molecule has 0 fully saturated rings. The average molecular weight is 284 g/mol. The molecule has 0 aliphatic rings. The lowest BCUT2D eigenvalue weighted by atomic mass is 10.2. The quantitative estimate of drug-likeness (QED) is 0.591. The second kappa shape index (κ2) is 5.89. The normalized spacial score (nSPS) is 10.8. The minimum absolute atomic E-state index is 0.579. The second-order valence-electron chi connectivity index (χ2n) is 3.82. The van der Waals surface area contributed by atoms with Gasteiger partial charge in [0.25, 0.3) is 0 Å². The highest BCUT2D eigenvalue weighted by atomic mass is 35.5. The molecular weight excluding hydrogens is 270 g/mol. The third kappa shape index (κ3) is 3.47. The van der Waals surface area contributed by atoms with Crippen molar-refractivity contribution in [3.8, 4) is 0 Å². The molecule has 0 spiro atoms. The van der Waals surface area contributed by atoms with E-state index >= 15 is 0 Å². The molecule has 0 radical (unpaired) electrons. The van der Waals surface area contributed by atoms with Crippen LogP contribution in [-0.4, -0.2) is 4.98 Å². The Hall–Kier alpha value is -0.510. The lowest BCUT2D eigenvalue weighted by Crippen LogP contribution is -1.81. The number of benzene rings is 1. The molecule has 0 N–H and O–H groups in total. The van der Waals surface area contributed by atoms with E-state index in [2.05, 4.69) is 43.1 Å². The molecule has 90 valence electrons. The molecule has 0 amide bonds. The Morgan fingerprint density at radius 2 is 1.94 bits per heavy atom. The van der Waals surface area contributed by atoms with Gasteiger partial charge in [0.05, 0.1) is 11.4 Å². The van der Waals surface area contributed by atoms with Crippen LogP contribution in [0.25, 0.3) is 0 Å². The van der Waals surface area contributed by atoms with Gasteiger partial charge in [-0.05, 0) is 31.5 Å². The van der Waals surface area contributed by atoms with Crippen molar-refractivity contribution < 1.29 is 0 Å². The summed E-state index contributed by atoms with van der Waals surface area (Å²) in [5.41, 5.74) is 2.32. The van der Waals surface area contributed by atoms with E-state index < -0.39 is 0 Å². The number of aryl methyl sites for hydroxylation is 2. The molecule has 0 atom stereocenters. The number of nitrogens with zero attached hydrogens (tertiary/aromatic N) is 1. The number of hydrogen-bond acceptors (Lipinski definition) is 3. The van der Waals surface area contributed by atoms with Crippen molar-refractivity contribution in [2.45, 2.75) is 30.4 Å². The molecule has 1 aromatic carbocycles. The van der Waals surface area contributed by atoms with Crippen molar-refractivity contribution in [1.29, 1.82) is 0 Å². The van der Waals surface area contributed by atoms with E-state index in [9.17, 15) is 0 Å². The Bertz CT molecular complexity index is 471. The Labute approximate surface area is 115 Å². The zero-order valence-corrected chi connectivity index (χ0v) is 12.3. The highest BCUT2D eigenvalue weighted by Crippen LogP contribution is 2.26. The summed E-state index contributed by atoms with van der Waals surface area (Å²) in [5, 5.41) is 1.20. The molecule has 0 unspecified atom stereocenters. The first-order valence-electron chi connectivity index (χ1n) is 5.39. The van der Waals surface area contributed by atoms with Gasteiger partial charge in [-0.1, -0.05) is 12.1 Å². The highest BCUT2D eigenvalue weighted by molar-refractivity contribution is 7.98. The predicted octanol–water partition coefficient (Wildman–Crippen LogP) is 4.79. The van der Waals surface area contributed by atoms with Gasteiger partial charge in [0.15, 0.2) is 0 Å². The maximum atomic E-state index is 5.76. The van der Waals surface area contributed by atoms with Crippen molar-refractivity contribution in [1.82, 2.24) is 4.98 Å². The van der Waals surface area contributed by atoms with E-state index in [-0.39, 0.29) is 0 Å². The Morgan fingerprint density at radius 1 is 1.24 bits per heavy atom. The van der Waals surface area contributed by atoms with Crippen LogP contribution in [0.5, 0.6) is 0 Å². The van der Waals surface area contributed by atoms with Gasteiger partial charge in [0.1, 0.15) is 5.01 Å². The van der Waals surface area contributed by atoms with Gasteiger partial charge >= 0.3 is 0 Å². The number of aromatic nitrogens is 1. The first-order chi connectivity index (χ1) is 8.19. The largest absolute Gasteiger partial charge is 0.245 e. The SMILES string of the molecule is Cc1nc(CSc2ccc(CCl)cc2)sc1C. The summed E-state index contributed by atoms with van der Waals surface area (Å²) in [5.74, 6) is 1.52. The first kappa shape index (κ1) is 12.9. The molecule has 1 heterocycles. The van der Waals surface area contributed by atoms with Gasteiger partial charge in [-0.2, -0.15) is 0 Å². The van der Waals surface area contributed by atoms with Crippen LogP contribution >= 0.6 is 34.7 Å². The molecule has 1 aromatic heterocycles. The van der Waals surface area contributed by atoms with E-state index in [1.54, 1.807) is 11.3 Å². The molecule has 0 bridgehead atoms. The molecule has 0 aliphatic carbocycles. The third-order valence-electron chi connectivity index (χ3n) is 2.51. The lowest BCUT2D eigenvalue weighted by Gasteiger charge is -2.00. The van der Waals surface area contributed by atoms with Crippen LogP contribution in [0.15, 0.2) is 29.2 Å². The summed E-state index contributed by atoms with van der Waals surface area (Å²) in [6.45, 7) is 4.19. The van der Waals surface area contributed by atoms with Crippen molar-refractivity contribution in [3.63, 3.8) is 0 Å². The van der Waals surface area contributed by atoms with Crippen LogP contribution in [-0.2, 0) is 11.6 Å². The smallest absolute Gasteiger partial charge is 0.103 e. The summed E-state index contributed by atoms with van der Waals surface area (Å²) < 4.78 is 0. The molecular formula is C13H14ClNS2. The number of thioether (sulfide) groups is 1. The minimum atomic E-state index is 0.579. The van der Waals surface area contributed by atoms with Gasteiger partial charge in [-0.15, -0.1) is 34.7 Å². The zero-order valence-electron chi connectivity index (χ0n) is 9.87. The van der Waals surface area contributed by atoms with Crippen molar-refractivity contribution in [3.05, 3.63) is 45.4 Å². The minimum Gasteiger partial charge on any atom is -0.245 e. The van der Waals surface area contributed by atoms with Crippen molar-refractivity contribution >= 4 is 34.7 Å². The molecule has 0 aliphatic heterocycles. The maximum Gasteiger partial charge on any atom is 0.103 e. The Balaban J connectivity index is 1.97. The van der Waals surface area contributed by atoms with Crippen LogP contribution in [0.1, 0.15) is 21.1 Å². The van der Waals surface area contributed by atoms with Crippen LogP contribution in [0.3, 0.4) is 0 Å². The molecule has 0 saturated carbocycles. The molecule has 4 heteroatoms. The van der Waals surface area contributed by atoms with E-state index in [0.717, 1.165) is 17.0 Å². The number of rotatable bonds is 4. The number of thiazole rings is 1. The van der Waals surface area contributed by atoms with Crippen LogP contribution in [0, 0.1) is 13.8 Å². The summed E-state index contributed by atoms with van der Waals surface area (Å²) in [4.78, 5) is 7.12. The molecule has 17 heavy (non-hydrogen) atoms. The highest BCUT2D eigenvalue weighted by Gasteiger charge is 2.04. The zero-order chi connectivity index (χ0) is 12.3. The standard InChI is InChI=1S/C13H14ClNS2/c1-9-10(2)17-13(15-9)8-16-12-5-3-11(7-14)4-6-12/h3-6H,7-8H2,1-2H3. The van der Waals surface area contributed by atoms with Crippen LogP contribution in [0.4, 0.5) is 0 Å². The van der Waals surface area contributed by atoms with E-state index in [1.165, 1.54) is 14.8 Å². The Kier molecular flexibility index (Phi) is 4.48. The van der Waals surface area contributed by atoms with E-state index in [1.807, 2.05) is 11.8 Å². The predicted molar refractivity (Wildman–Crippen MR) is 77.1 cm³/mol. The van der Waals surface area contributed by atoms with Gasteiger partial charge in [-0.3, -0.25) is 0 Å². The summed E-state index contributed by atoms with van der Waals surface area (Å²) in [7, 11) is 0. The van der Waals surface area contributed by atoms with E-state index in [4.69, 9.17) is 11.6 Å². The number of hydrogen-bond donors (Lipinski definition) is 0. The average Bonchev–Trinajstić information content (AvgIpc) is 2.67. The number of halogens is 1. The monoisotopic (exact) mass is 283 g/mol.